The monoisotopic (exact) mass is 312 g/mol. The van der Waals surface area contributed by atoms with E-state index in [4.69, 9.17) is 0 Å². The number of rotatable bonds is 4. The van der Waals surface area contributed by atoms with Crippen LogP contribution in [0.25, 0.3) is 0 Å². The lowest BCUT2D eigenvalue weighted by Gasteiger charge is -2.16. The highest BCUT2D eigenvalue weighted by atomic mass is 19.1. The van der Waals surface area contributed by atoms with Crippen LogP contribution in [-0.2, 0) is 16.0 Å². The van der Waals surface area contributed by atoms with Crippen LogP contribution in [0.1, 0.15) is 18.4 Å². The molecule has 1 aliphatic rings. The van der Waals surface area contributed by atoms with E-state index in [1.807, 2.05) is 12.1 Å². The Morgan fingerprint density at radius 1 is 1.17 bits per heavy atom. The van der Waals surface area contributed by atoms with Gasteiger partial charge in [-0.15, -0.1) is 0 Å². The van der Waals surface area contributed by atoms with Gasteiger partial charge in [-0.2, -0.15) is 0 Å². The van der Waals surface area contributed by atoms with Gasteiger partial charge < -0.3 is 10.2 Å². The number of halogens is 1. The molecule has 1 aliphatic heterocycles. The second-order valence-corrected chi connectivity index (χ2v) is 5.55. The van der Waals surface area contributed by atoms with Crippen LogP contribution in [0.5, 0.6) is 0 Å². The number of anilines is 2. The molecule has 0 saturated carbocycles. The third-order valence-electron chi connectivity index (χ3n) is 3.79. The minimum absolute atomic E-state index is 0.115. The first-order chi connectivity index (χ1) is 11.1. The minimum atomic E-state index is -0.352. The van der Waals surface area contributed by atoms with Gasteiger partial charge in [0.2, 0.25) is 11.8 Å². The SMILES string of the molecule is O=C(Cc1cccc(F)c1)Nc1ccc(N2CCCC2=O)cc1. The molecule has 4 nitrogen and oxygen atoms in total. The lowest BCUT2D eigenvalue weighted by Crippen LogP contribution is -2.23. The maximum atomic E-state index is 13.1. The van der Waals surface area contributed by atoms with Crippen LogP contribution in [0.2, 0.25) is 0 Å². The van der Waals surface area contributed by atoms with Gasteiger partial charge in [0.1, 0.15) is 5.82 Å². The number of carbonyl (C=O) groups is 2. The van der Waals surface area contributed by atoms with Crippen LogP contribution < -0.4 is 10.2 Å². The van der Waals surface area contributed by atoms with Gasteiger partial charge in [0, 0.05) is 24.3 Å². The largest absolute Gasteiger partial charge is 0.326 e. The van der Waals surface area contributed by atoms with E-state index in [-0.39, 0.29) is 24.1 Å². The predicted molar refractivity (Wildman–Crippen MR) is 86.8 cm³/mol. The molecule has 2 amide bonds. The van der Waals surface area contributed by atoms with E-state index >= 15 is 0 Å². The Balaban J connectivity index is 1.61. The number of benzene rings is 2. The molecule has 1 heterocycles. The van der Waals surface area contributed by atoms with Gasteiger partial charge in [-0.05, 0) is 48.4 Å². The van der Waals surface area contributed by atoms with Crippen molar-refractivity contribution in [1.29, 1.82) is 0 Å². The summed E-state index contributed by atoms with van der Waals surface area (Å²) in [5, 5.41) is 2.77. The Bertz CT molecular complexity index is 728. The number of hydrogen-bond donors (Lipinski definition) is 1. The molecule has 1 N–H and O–H groups in total. The van der Waals surface area contributed by atoms with E-state index in [2.05, 4.69) is 5.32 Å². The summed E-state index contributed by atoms with van der Waals surface area (Å²) in [6.45, 7) is 0.740. The molecule has 0 aromatic heterocycles. The summed E-state index contributed by atoms with van der Waals surface area (Å²) >= 11 is 0. The molecule has 0 spiro atoms. The van der Waals surface area contributed by atoms with Crippen molar-refractivity contribution in [3.8, 4) is 0 Å². The molecular weight excluding hydrogens is 295 g/mol. The van der Waals surface area contributed by atoms with Crippen molar-refractivity contribution < 1.29 is 14.0 Å². The fraction of sp³-hybridized carbons (Fsp3) is 0.222. The summed E-state index contributed by atoms with van der Waals surface area (Å²) in [5.74, 6) is -0.427. The van der Waals surface area contributed by atoms with Crippen molar-refractivity contribution in [2.75, 3.05) is 16.8 Å². The van der Waals surface area contributed by atoms with Gasteiger partial charge >= 0.3 is 0 Å². The fourth-order valence-electron chi connectivity index (χ4n) is 2.68. The maximum absolute atomic E-state index is 13.1. The van der Waals surface area contributed by atoms with E-state index in [9.17, 15) is 14.0 Å². The van der Waals surface area contributed by atoms with Crippen molar-refractivity contribution in [3.05, 3.63) is 59.9 Å². The molecule has 1 saturated heterocycles. The summed E-state index contributed by atoms with van der Waals surface area (Å²) in [4.78, 5) is 25.4. The molecule has 0 aliphatic carbocycles. The van der Waals surface area contributed by atoms with Gasteiger partial charge in [-0.25, -0.2) is 4.39 Å². The van der Waals surface area contributed by atoms with E-state index in [0.29, 0.717) is 17.7 Å². The maximum Gasteiger partial charge on any atom is 0.228 e. The molecule has 2 aromatic rings. The van der Waals surface area contributed by atoms with Crippen molar-refractivity contribution >= 4 is 23.2 Å². The topological polar surface area (TPSA) is 49.4 Å². The van der Waals surface area contributed by atoms with Gasteiger partial charge in [-0.1, -0.05) is 12.1 Å². The van der Waals surface area contributed by atoms with Crippen molar-refractivity contribution in [2.24, 2.45) is 0 Å². The van der Waals surface area contributed by atoms with E-state index < -0.39 is 0 Å². The third-order valence-corrected chi connectivity index (χ3v) is 3.79. The first-order valence-corrected chi connectivity index (χ1v) is 7.56. The second-order valence-electron chi connectivity index (χ2n) is 5.55. The highest BCUT2D eigenvalue weighted by Gasteiger charge is 2.21. The Hall–Kier alpha value is -2.69. The Labute approximate surface area is 133 Å². The molecule has 0 unspecified atom stereocenters. The molecule has 1 fully saturated rings. The molecule has 5 heteroatoms. The summed E-state index contributed by atoms with van der Waals surface area (Å²) in [6, 6.07) is 13.2. The molecule has 3 rings (SSSR count). The first kappa shape index (κ1) is 15.2. The summed E-state index contributed by atoms with van der Waals surface area (Å²) in [5.41, 5.74) is 2.12. The van der Waals surface area contributed by atoms with Crippen molar-refractivity contribution in [2.45, 2.75) is 19.3 Å². The summed E-state index contributed by atoms with van der Waals surface area (Å²) < 4.78 is 13.1. The average molecular weight is 312 g/mol. The summed E-state index contributed by atoms with van der Waals surface area (Å²) in [7, 11) is 0. The lowest BCUT2D eigenvalue weighted by molar-refractivity contribution is -0.117. The van der Waals surface area contributed by atoms with E-state index in [0.717, 1.165) is 18.7 Å². The van der Waals surface area contributed by atoms with E-state index in [1.54, 1.807) is 29.2 Å². The van der Waals surface area contributed by atoms with Crippen LogP contribution in [0, 0.1) is 5.82 Å². The standard InChI is InChI=1S/C18H17FN2O2/c19-14-4-1-3-13(11-14)12-17(22)20-15-6-8-16(9-7-15)21-10-2-5-18(21)23/h1,3-4,6-9,11H,2,5,10,12H2,(H,20,22). The van der Waals surface area contributed by atoms with E-state index in [1.165, 1.54) is 12.1 Å². The highest BCUT2D eigenvalue weighted by molar-refractivity contribution is 5.96. The fourth-order valence-corrected chi connectivity index (χ4v) is 2.68. The molecule has 23 heavy (non-hydrogen) atoms. The number of hydrogen-bond acceptors (Lipinski definition) is 2. The van der Waals surface area contributed by atoms with Gasteiger partial charge in [-0.3, -0.25) is 9.59 Å². The smallest absolute Gasteiger partial charge is 0.228 e. The molecule has 0 bridgehead atoms. The Kier molecular flexibility index (Phi) is 4.37. The zero-order chi connectivity index (χ0) is 16.2. The first-order valence-electron chi connectivity index (χ1n) is 7.56. The summed E-state index contributed by atoms with van der Waals surface area (Å²) in [6.07, 6.45) is 1.58. The third kappa shape index (κ3) is 3.74. The molecule has 118 valence electrons. The highest BCUT2D eigenvalue weighted by Crippen LogP contribution is 2.23. The second kappa shape index (κ2) is 6.60. The van der Waals surface area contributed by atoms with Gasteiger partial charge in [0.15, 0.2) is 0 Å². The Morgan fingerprint density at radius 3 is 2.61 bits per heavy atom. The average Bonchev–Trinajstić information content (AvgIpc) is 2.94. The molecule has 2 aromatic carbocycles. The van der Waals surface area contributed by atoms with Crippen LogP contribution in [0.15, 0.2) is 48.5 Å². The number of nitrogens with one attached hydrogen (secondary N) is 1. The van der Waals surface area contributed by atoms with Crippen molar-refractivity contribution in [1.82, 2.24) is 0 Å². The number of carbonyl (C=O) groups excluding carboxylic acids is 2. The van der Waals surface area contributed by atoms with Crippen LogP contribution in [0.3, 0.4) is 0 Å². The quantitative estimate of drug-likeness (QED) is 0.943. The van der Waals surface area contributed by atoms with Gasteiger partial charge in [0.25, 0.3) is 0 Å². The van der Waals surface area contributed by atoms with Crippen LogP contribution in [-0.4, -0.2) is 18.4 Å². The normalized spacial score (nSPS) is 14.1. The van der Waals surface area contributed by atoms with Crippen LogP contribution in [0.4, 0.5) is 15.8 Å². The number of amides is 2. The zero-order valence-corrected chi connectivity index (χ0v) is 12.6. The molecular formula is C18H17FN2O2. The number of nitrogens with zero attached hydrogens (tertiary/aromatic N) is 1. The van der Waals surface area contributed by atoms with Crippen molar-refractivity contribution in [3.63, 3.8) is 0 Å². The lowest BCUT2D eigenvalue weighted by atomic mass is 10.1. The molecule has 0 atom stereocenters. The zero-order valence-electron chi connectivity index (χ0n) is 12.6. The molecule has 0 radical (unpaired) electrons. The van der Waals surface area contributed by atoms with Crippen LogP contribution >= 0.6 is 0 Å². The predicted octanol–water partition coefficient (Wildman–Crippen LogP) is 3.13. The van der Waals surface area contributed by atoms with Gasteiger partial charge in [0.05, 0.1) is 6.42 Å². The Morgan fingerprint density at radius 2 is 1.96 bits per heavy atom. The minimum Gasteiger partial charge on any atom is -0.326 e.